The maximum absolute atomic E-state index is 12.6. The number of rotatable bonds is 3. The van der Waals surface area contributed by atoms with Gasteiger partial charge in [-0.25, -0.2) is 18.4 Å². The molecule has 2 aliphatic rings. The number of aromatic nitrogens is 2. The molecule has 1 unspecified atom stereocenters. The van der Waals surface area contributed by atoms with E-state index in [-0.39, 0.29) is 0 Å². The van der Waals surface area contributed by atoms with Crippen molar-refractivity contribution < 1.29 is 8.42 Å². The Morgan fingerprint density at radius 3 is 2.41 bits per heavy atom. The quantitative estimate of drug-likeness (QED) is 0.691. The molecule has 1 aromatic heterocycles. The first-order valence-electron chi connectivity index (χ1n) is 7.27. The zero-order valence-corrected chi connectivity index (χ0v) is 13.0. The molecule has 3 heterocycles. The van der Waals surface area contributed by atoms with Gasteiger partial charge >= 0.3 is 0 Å². The van der Waals surface area contributed by atoms with Crippen LogP contribution in [0, 0.1) is 11.5 Å². The van der Waals surface area contributed by atoms with Crippen LogP contribution in [0.3, 0.4) is 0 Å². The highest BCUT2D eigenvalue weighted by Gasteiger charge is 2.38. The lowest BCUT2D eigenvalue weighted by atomic mass is 10.4. The molecule has 118 valence electrons. The van der Waals surface area contributed by atoms with Gasteiger partial charge in [0.2, 0.25) is 16.0 Å². The fraction of sp³-hybridized carbons (Fsp3) is 0.615. The van der Waals surface area contributed by atoms with Gasteiger partial charge in [-0.3, -0.25) is 0 Å². The summed E-state index contributed by atoms with van der Waals surface area (Å²) in [5, 5.41) is 8.40. The standard InChI is InChI=1S/C13H18N6O2S/c14-11-17-5-2-12(10-17)22(20,21)19-8-6-18(7-9-19)13-15-3-1-4-16-13/h1,3-4,12H,2,5-10H2. The van der Waals surface area contributed by atoms with Gasteiger partial charge in [0.1, 0.15) is 0 Å². The van der Waals surface area contributed by atoms with E-state index in [4.69, 9.17) is 5.26 Å². The van der Waals surface area contributed by atoms with Gasteiger partial charge in [-0.05, 0) is 12.5 Å². The van der Waals surface area contributed by atoms with Crippen LogP contribution in [0.2, 0.25) is 0 Å². The molecule has 3 rings (SSSR count). The SMILES string of the molecule is N#CN1CCC(S(=O)(=O)N2CCN(c3ncccn3)CC2)C1. The summed E-state index contributed by atoms with van der Waals surface area (Å²) in [6.07, 6.45) is 5.91. The van der Waals surface area contributed by atoms with E-state index in [2.05, 4.69) is 9.97 Å². The van der Waals surface area contributed by atoms with Crippen molar-refractivity contribution in [2.45, 2.75) is 11.7 Å². The fourth-order valence-corrected chi connectivity index (χ4v) is 4.74. The normalized spacial score (nSPS) is 23.5. The van der Waals surface area contributed by atoms with Crippen LogP contribution in [0.25, 0.3) is 0 Å². The van der Waals surface area contributed by atoms with Gasteiger partial charge in [0.05, 0.1) is 5.25 Å². The Bertz CT molecular complexity index is 651. The second kappa shape index (κ2) is 6.06. The van der Waals surface area contributed by atoms with Gasteiger partial charge in [0.25, 0.3) is 0 Å². The lowest BCUT2D eigenvalue weighted by Gasteiger charge is -2.35. The van der Waals surface area contributed by atoms with E-state index in [0.717, 1.165) is 0 Å². The van der Waals surface area contributed by atoms with Crippen LogP contribution in [0.1, 0.15) is 6.42 Å². The third kappa shape index (κ3) is 2.84. The summed E-state index contributed by atoms with van der Waals surface area (Å²) in [5.41, 5.74) is 0. The number of nitriles is 1. The van der Waals surface area contributed by atoms with Gasteiger partial charge in [-0.15, -0.1) is 0 Å². The Balaban J connectivity index is 1.63. The summed E-state index contributed by atoms with van der Waals surface area (Å²) >= 11 is 0. The fourth-order valence-electron chi connectivity index (χ4n) is 2.87. The van der Waals surface area contributed by atoms with Crippen LogP contribution >= 0.6 is 0 Å². The molecule has 1 atom stereocenters. The molecular formula is C13H18N6O2S. The highest BCUT2D eigenvalue weighted by Crippen LogP contribution is 2.21. The molecule has 0 spiro atoms. The summed E-state index contributed by atoms with van der Waals surface area (Å²) in [5.74, 6) is 0.635. The van der Waals surface area contributed by atoms with Crippen molar-refractivity contribution in [3.05, 3.63) is 18.5 Å². The van der Waals surface area contributed by atoms with Crippen LogP contribution in [0.4, 0.5) is 5.95 Å². The minimum atomic E-state index is -3.34. The maximum atomic E-state index is 12.6. The van der Waals surface area contributed by atoms with Crippen molar-refractivity contribution in [1.29, 1.82) is 5.26 Å². The molecular weight excluding hydrogens is 304 g/mol. The first-order valence-corrected chi connectivity index (χ1v) is 8.77. The van der Waals surface area contributed by atoms with Gasteiger partial charge in [-0.2, -0.15) is 9.57 Å². The second-order valence-corrected chi connectivity index (χ2v) is 7.65. The molecule has 0 amide bonds. The van der Waals surface area contributed by atoms with Gasteiger partial charge in [0, 0.05) is 51.7 Å². The number of sulfonamides is 1. The van der Waals surface area contributed by atoms with Crippen LogP contribution in [-0.2, 0) is 10.0 Å². The van der Waals surface area contributed by atoms with E-state index in [1.165, 1.54) is 9.21 Å². The molecule has 0 aromatic carbocycles. The Labute approximate surface area is 130 Å². The predicted octanol–water partition coefficient (Wildman–Crippen LogP) is -0.516. The Kier molecular flexibility index (Phi) is 4.13. The monoisotopic (exact) mass is 322 g/mol. The average molecular weight is 322 g/mol. The third-order valence-electron chi connectivity index (χ3n) is 4.14. The van der Waals surface area contributed by atoms with Crippen molar-refractivity contribution in [3.8, 4) is 6.19 Å². The van der Waals surface area contributed by atoms with Crippen molar-refractivity contribution in [1.82, 2.24) is 19.2 Å². The molecule has 2 fully saturated rings. The lowest BCUT2D eigenvalue weighted by Crippen LogP contribution is -2.51. The van der Waals surface area contributed by atoms with E-state index in [9.17, 15) is 8.42 Å². The number of hydrogen-bond donors (Lipinski definition) is 0. The van der Waals surface area contributed by atoms with E-state index < -0.39 is 15.3 Å². The maximum Gasteiger partial charge on any atom is 0.225 e. The van der Waals surface area contributed by atoms with Gasteiger partial charge in [-0.1, -0.05) is 0 Å². The van der Waals surface area contributed by atoms with Crippen molar-refractivity contribution in [2.75, 3.05) is 44.2 Å². The molecule has 0 N–H and O–H groups in total. The summed E-state index contributed by atoms with van der Waals surface area (Å²) in [6.45, 7) is 2.86. The van der Waals surface area contributed by atoms with E-state index >= 15 is 0 Å². The predicted molar refractivity (Wildman–Crippen MR) is 80.3 cm³/mol. The van der Waals surface area contributed by atoms with Crippen LogP contribution < -0.4 is 4.90 Å². The molecule has 8 nitrogen and oxygen atoms in total. The van der Waals surface area contributed by atoms with Crippen molar-refractivity contribution in [3.63, 3.8) is 0 Å². The molecule has 0 aliphatic carbocycles. The van der Waals surface area contributed by atoms with Gasteiger partial charge < -0.3 is 9.80 Å². The van der Waals surface area contributed by atoms with Crippen molar-refractivity contribution >= 4 is 16.0 Å². The minimum Gasteiger partial charge on any atom is -0.338 e. The topological polar surface area (TPSA) is 93.4 Å². The summed E-state index contributed by atoms with van der Waals surface area (Å²) < 4.78 is 26.8. The molecule has 22 heavy (non-hydrogen) atoms. The molecule has 9 heteroatoms. The molecule has 2 saturated heterocycles. The molecule has 0 bridgehead atoms. The zero-order chi connectivity index (χ0) is 15.6. The van der Waals surface area contributed by atoms with Gasteiger partial charge in [0.15, 0.2) is 6.19 Å². The molecule has 1 aromatic rings. The molecule has 0 radical (unpaired) electrons. The van der Waals surface area contributed by atoms with Crippen LogP contribution in [0.15, 0.2) is 18.5 Å². The Hall–Kier alpha value is -1.92. The van der Waals surface area contributed by atoms with Crippen LogP contribution in [0.5, 0.6) is 0 Å². The summed E-state index contributed by atoms with van der Waals surface area (Å²) in [7, 11) is -3.34. The summed E-state index contributed by atoms with van der Waals surface area (Å²) in [6, 6.07) is 1.76. The van der Waals surface area contributed by atoms with Crippen LogP contribution in [-0.4, -0.2) is 72.1 Å². The van der Waals surface area contributed by atoms with Crippen molar-refractivity contribution in [2.24, 2.45) is 0 Å². The zero-order valence-electron chi connectivity index (χ0n) is 12.2. The number of nitrogens with zero attached hydrogens (tertiary/aromatic N) is 6. The van der Waals surface area contributed by atoms with E-state index in [1.54, 1.807) is 18.5 Å². The number of anilines is 1. The molecule has 0 saturated carbocycles. The Morgan fingerprint density at radius 1 is 1.14 bits per heavy atom. The second-order valence-electron chi connectivity index (χ2n) is 5.44. The first kappa shape index (κ1) is 15.0. The minimum absolute atomic E-state index is 0.306. The highest BCUT2D eigenvalue weighted by molar-refractivity contribution is 7.89. The summed E-state index contributed by atoms with van der Waals surface area (Å²) in [4.78, 5) is 11.9. The molecule has 2 aliphatic heterocycles. The lowest BCUT2D eigenvalue weighted by molar-refractivity contribution is 0.376. The highest BCUT2D eigenvalue weighted by atomic mass is 32.2. The largest absolute Gasteiger partial charge is 0.338 e. The number of likely N-dealkylation sites (tertiary alicyclic amines) is 1. The first-order chi connectivity index (χ1) is 10.6. The smallest absolute Gasteiger partial charge is 0.225 e. The Morgan fingerprint density at radius 2 is 1.82 bits per heavy atom. The average Bonchev–Trinajstić information content (AvgIpc) is 3.06. The number of piperazine rings is 1. The number of hydrogen-bond acceptors (Lipinski definition) is 7. The third-order valence-corrected chi connectivity index (χ3v) is 6.45. The van der Waals surface area contributed by atoms with E-state index in [1.807, 2.05) is 11.1 Å². The van der Waals surface area contributed by atoms with E-state index in [0.29, 0.717) is 51.6 Å².